The summed E-state index contributed by atoms with van der Waals surface area (Å²) in [6.07, 6.45) is 1.39. The second kappa shape index (κ2) is 12.4. The molecule has 1 aliphatic rings. The number of nitrogens with one attached hydrogen (secondary N) is 2. The fraction of sp³-hybridized carbons (Fsp3) is 0.417. The van der Waals surface area contributed by atoms with E-state index in [1.54, 1.807) is 6.92 Å². The zero-order valence-corrected chi connectivity index (χ0v) is 23.0. The number of fused-ring (bicyclic) bond motifs is 1. The molecular weight excluding hydrogens is 534 g/mol. The van der Waals surface area contributed by atoms with Crippen molar-refractivity contribution in [2.45, 2.75) is 44.6 Å². The van der Waals surface area contributed by atoms with Gasteiger partial charge >= 0.3 is 12.1 Å². The summed E-state index contributed by atoms with van der Waals surface area (Å²) in [7, 11) is -2.19. The number of benzene rings is 1. The number of imide groups is 1. The Labute approximate surface area is 225 Å². The van der Waals surface area contributed by atoms with Crippen LogP contribution in [0.1, 0.15) is 57.8 Å². The maximum absolute atomic E-state index is 13.0. The first kappa shape index (κ1) is 29.1. The molecule has 1 aromatic carbocycles. The van der Waals surface area contributed by atoms with Crippen LogP contribution in [0.3, 0.4) is 0 Å². The lowest BCUT2D eigenvalue weighted by molar-refractivity contribution is 0.0965. The van der Waals surface area contributed by atoms with Crippen molar-refractivity contribution in [2.75, 3.05) is 32.1 Å². The number of carbonyl (C=O) groups is 4. The highest BCUT2D eigenvalue weighted by molar-refractivity contribution is 7.89. The molecule has 12 nitrogen and oxygen atoms in total. The lowest BCUT2D eigenvalue weighted by atomic mass is 10.0. The highest BCUT2D eigenvalue weighted by Gasteiger charge is 2.31. The van der Waals surface area contributed by atoms with Crippen LogP contribution in [0.5, 0.6) is 0 Å². The molecule has 3 rings (SSSR count). The molecule has 0 bridgehead atoms. The number of amides is 5. The Morgan fingerprint density at radius 1 is 1.13 bits per heavy atom. The summed E-state index contributed by atoms with van der Waals surface area (Å²) in [6, 6.07) is 4.43. The normalized spacial score (nSPS) is 13.1. The van der Waals surface area contributed by atoms with Crippen molar-refractivity contribution in [3.8, 4) is 0 Å². The number of hydrogen-bond acceptors (Lipinski definition) is 8. The van der Waals surface area contributed by atoms with Crippen LogP contribution in [0.4, 0.5) is 14.6 Å². The number of ether oxygens (including phenoxy) is 1. The standard InChI is InChI=1S/C24H31N5O7S2/c1-4-6-12-28(3)38(34,35)16-9-7-15(8-10-16)20(30)26-22-19(21(31)27-23(25)32)17-11-13-29(14-18(17)37-22)24(33)36-5-2/h7-10H,4-6,11-14H2,1-3H3,(H,26,30)(H3,25,27,31,32). The predicted molar refractivity (Wildman–Crippen MR) is 142 cm³/mol. The number of nitrogens with two attached hydrogens (primary N) is 1. The van der Waals surface area contributed by atoms with E-state index in [0.717, 1.165) is 24.2 Å². The van der Waals surface area contributed by atoms with Crippen LogP contribution >= 0.6 is 11.3 Å². The SMILES string of the molecule is CCCCN(C)S(=O)(=O)c1ccc(C(=O)Nc2sc3c(c2C(=O)NC(N)=O)CCN(C(=O)OCC)C3)cc1. The first-order valence-corrected chi connectivity index (χ1v) is 14.3. The van der Waals surface area contributed by atoms with Crippen LogP contribution in [-0.4, -0.2) is 68.3 Å². The number of nitrogens with zero attached hydrogens (tertiary/aromatic N) is 2. The highest BCUT2D eigenvalue weighted by Crippen LogP contribution is 2.37. The Kier molecular flexibility index (Phi) is 9.46. The molecule has 0 aliphatic carbocycles. The molecule has 0 atom stereocenters. The molecule has 0 spiro atoms. The number of primary amides is 1. The molecule has 0 unspecified atom stereocenters. The zero-order chi connectivity index (χ0) is 28.0. The molecule has 5 amide bonds. The van der Waals surface area contributed by atoms with Crippen LogP contribution < -0.4 is 16.4 Å². The number of hydrogen-bond donors (Lipinski definition) is 3. The van der Waals surface area contributed by atoms with Gasteiger partial charge in [-0.1, -0.05) is 13.3 Å². The molecule has 2 aromatic rings. The third-order valence-corrected chi connectivity index (χ3v) is 8.93. The van der Waals surface area contributed by atoms with E-state index in [4.69, 9.17) is 10.5 Å². The van der Waals surface area contributed by atoms with Crippen LogP contribution in [0.25, 0.3) is 0 Å². The van der Waals surface area contributed by atoms with Gasteiger partial charge in [-0.15, -0.1) is 11.3 Å². The number of carbonyl (C=O) groups excluding carboxylic acids is 4. The molecule has 14 heteroatoms. The number of sulfonamides is 1. The van der Waals surface area contributed by atoms with Gasteiger partial charge in [0.25, 0.3) is 11.8 Å². The molecule has 2 heterocycles. The molecule has 1 aromatic heterocycles. The van der Waals surface area contributed by atoms with E-state index < -0.39 is 34.0 Å². The van der Waals surface area contributed by atoms with E-state index in [1.165, 1.54) is 40.5 Å². The Hall–Kier alpha value is -3.49. The van der Waals surface area contributed by atoms with Gasteiger partial charge in [-0.05, 0) is 49.6 Å². The average molecular weight is 566 g/mol. The molecule has 0 radical (unpaired) electrons. The second-order valence-corrected chi connectivity index (χ2v) is 11.7. The van der Waals surface area contributed by atoms with E-state index in [2.05, 4.69) is 5.32 Å². The maximum Gasteiger partial charge on any atom is 0.410 e. The summed E-state index contributed by atoms with van der Waals surface area (Å²) in [5.41, 5.74) is 5.99. The van der Waals surface area contributed by atoms with E-state index in [-0.39, 0.29) is 40.7 Å². The van der Waals surface area contributed by atoms with Gasteiger partial charge in [0.2, 0.25) is 10.0 Å². The molecule has 1 aliphatic heterocycles. The van der Waals surface area contributed by atoms with Crippen molar-refractivity contribution < 1.29 is 32.3 Å². The van der Waals surface area contributed by atoms with Crippen LogP contribution in [0.15, 0.2) is 29.2 Å². The minimum atomic E-state index is -3.70. The van der Waals surface area contributed by atoms with Crippen molar-refractivity contribution in [1.82, 2.24) is 14.5 Å². The molecule has 38 heavy (non-hydrogen) atoms. The first-order valence-electron chi connectivity index (χ1n) is 12.0. The van der Waals surface area contributed by atoms with Gasteiger partial charge in [-0.3, -0.25) is 14.9 Å². The monoisotopic (exact) mass is 565 g/mol. The molecular formula is C24H31N5O7S2. The smallest absolute Gasteiger partial charge is 0.410 e. The Balaban J connectivity index is 1.86. The van der Waals surface area contributed by atoms with Crippen LogP contribution in [-0.2, 0) is 27.7 Å². The van der Waals surface area contributed by atoms with Crippen molar-refractivity contribution in [3.63, 3.8) is 0 Å². The third-order valence-electron chi connectivity index (χ3n) is 5.92. The van der Waals surface area contributed by atoms with E-state index >= 15 is 0 Å². The fourth-order valence-corrected chi connectivity index (χ4v) is 6.38. The van der Waals surface area contributed by atoms with Gasteiger partial charge in [0, 0.05) is 30.6 Å². The maximum atomic E-state index is 13.0. The average Bonchev–Trinajstić information content (AvgIpc) is 3.24. The first-order chi connectivity index (χ1) is 18.0. The number of unbranched alkanes of at least 4 members (excludes halogenated alkanes) is 1. The van der Waals surface area contributed by atoms with E-state index in [9.17, 15) is 27.6 Å². The molecule has 0 fully saturated rings. The van der Waals surface area contributed by atoms with Gasteiger partial charge < -0.3 is 20.7 Å². The second-order valence-electron chi connectivity index (χ2n) is 8.56. The topological polar surface area (TPSA) is 168 Å². The van der Waals surface area contributed by atoms with Gasteiger partial charge in [-0.2, -0.15) is 0 Å². The quantitative estimate of drug-likeness (QED) is 0.420. The lowest BCUT2D eigenvalue weighted by Crippen LogP contribution is -2.38. The van der Waals surface area contributed by atoms with Gasteiger partial charge in [0.05, 0.1) is 23.6 Å². The molecule has 0 saturated heterocycles. The number of urea groups is 1. The van der Waals surface area contributed by atoms with Gasteiger partial charge in [0.1, 0.15) is 5.00 Å². The summed E-state index contributed by atoms with van der Waals surface area (Å²) in [5.74, 6) is -1.35. The van der Waals surface area contributed by atoms with Gasteiger partial charge in [-0.25, -0.2) is 22.3 Å². The van der Waals surface area contributed by atoms with Crippen molar-refractivity contribution in [3.05, 3.63) is 45.8 Å². The van der Waals surface area contributed by atoms with Crippen LogP contribution in [0.2, 0.25) is 0 Å². The Morgan fingerprint density at radius 3 is 2.42 bits per heavy atom. The molecule has 0 saturated carbocycles. The van der Waals surface area contributed by atoms with E-state index in [1.807, 2.05) is 12.2 Å². The molecule has 206 valence electrons. The Bertz CT molecular complexity index is 1320. The van der Waals surface area contributed by atoms with E-state index in [0.29, 0.717) is 23.4 Å². The predicted octanol–water partition coefficient (Wildman–Crippen LogP) is 2.74. The highest BCUT2D eigenvalue weighted by atomic mass is 32.2. The van der Waals surface area contributed by atoms with Crippen molar-refractivity contribution >= 4 is 50.3 Å². The summed E-state index contributed by atoms with van der Waals surface area (Å²) < 4.78 is 31.8. The van der Waals surface area contributed by atoms with Crippen LogP contribution in [0, 0.1) is 0 Å². The summed E-state index contributed by atoms with van der Waals surface area (Å²) >= 11 is 1.10. The number of rotatable bonds is 9. The molecule has 4 N–H and O–H groups in total. The zero-order valence-electron chi connectivity index (χ0n) is 21.4. The number of anilines is 1. The Morgan fingerprint density at radius 2 is 1.82 bits per heavy atom. The summed E-state index contributed by atoms with van der Waals surface area (Å²) in [4.78, 5) is 51.6. The van der Waals surface area contributed by atoms with Gasteiger partial charge in [0.15, 0.2) is 0 Å². The minimum Gasteiger partial charge on any atom is -0.450 e. The minimum absolute atomic E-state index is 0.0554. The summed E-state index contributed by atoms with van der Waals surface area (Å²) in [6.45, 7) is 4.73. The summed E-state index contributed by atoms with van der Waals surface area (Å²) in [5, 5.41) is 4.90. The number of thiophene rings is 1. The van der Waals surface area contributed by atoms with Crippen molar-refractivity contribution in [1.29, 1.82) is 0 Å². The largest absolute Gasteiger partial charge is 0.450 e. The third kappa shape index (κ3) is 6.49. The van der Waals surface area contributed by atoms with Crippen molar-refractivity contribution in [2.24, 2.45) is 5.73 Å². The lowest BCUT2D eigenvalue weighted by Gasteiger charge is -2.26. The fourth-order valence-electron chi connectivity index (χ4n) is 3.91.